The van der Waals surface area contributed by atoms with Crippen molar-refractivity contribution in [2.75, 3.05) is 0 Å². The van der Waals surface area contributed by atoms with Crippen LogP contribution in [0.4, 0.5) is 4.39 Å². The average Bonchev–Trinajstić information content (AvgIpc) is 2.64. The van der Waals surface area contributed by atoms with Crippen molar-refractivity contribution in [2.45, 2.75) is 6.92 Å². The van der Waals surface area contributed by atoms with Crippen LogP contribution in [0.2, 0.25) is 0 Å². The van der Waals surface area contributed by atoms with E-state index in [2.05, 4.69) is 0 Å². The normalized spacial score (nSPS) is 10.5. The van der Waals surface area contributed by atoms with Crippen LogP contribution < -0.4 is 0 Å². The van der Waals surface area contributed by atoms with Crippen LogP contribution in [0.5, 0.6) is 0 Å². The molecule has 0 saturated carbocycles. The highest BCUT2D eigenvalue weighted by Gasteiger charge is 2.13. The number of carbonyl (C=O) groups is 1. The fraction of sp³-hybridized carbons (Fsp3) is 0.0833. The zero-order valence-corrected chi connectivity index (χ0v) is 11.1. The van der Waals surface area contributed by atoms with Crippen LogP contribution >= 0.6 is 22.6 Å². The summed E-state index contributed by atoms with van der Waals surface area (Å²) < 4.78 is 15.7. The van der Waals surface area contributed by atoms with Crippen molar-refractivity contribution in [1.82, 2.24) is 4.57 Å². The van der Waals surface area contributed by atoms with Crippen molar-refractivity contribution in [2.24, 2.45) is 0 Å². The maximum absolute atomic E-state index is 13.4. The second kappa shape index (κ2) is 4.48. The van der Waals surface area contributed by atoms with E-state index < -0.39 is 5.97 Å². The first-order chi connectivity index (χ1) is 7.99. The number of nitrogens with zero attached hydrogens (tertiary/aromatic N) is 1. The topological polar surface area (TPSA) is 42.2 Å². The Bertz CT molecular complexity index is 592. The van der Waals surface area contributed by atoms with Gasteiger partial charge in [0.25, 0.3) is 0 Å². The van der Waals surface area contributed by atoms with Crippen LogP contribution in [0, 0.1) is 16.3 Å². The summed E-state index contributed by atoms with van der Waals surface area (Å²) in [5.41, 5.74) is 1.17. The molecule has 0 aliphatic carbocycles. The third kappa shape index (κ3) is 2.33. The molecule has 0 fully saturated rings. The van der Waals surface area contributed by atoms with Gasteiger partial charge in [-0.25, -0.2) is 9.18 Å². The molecule has 3 nitrogen and oxygen atoms in total. The number of benzene rings is 1. The fourth-order valence-corrected chi connectivity index (χ4v) is 2.11. The number of aromatic carboxylic acids is 1. The van der Waals surface area contributed by atoms with Crippen molar-refractivity contribution in [3.63, 3.8) is 0 Å². The molecule has 1 heterocycles. The highest BCUT2D eigenvalue weighted by atomic mass is 127. The largest absolute Gasteiger partial charge is 0.477 e. The number of aryl methyl sites for hydroxylation is 1. The molecule has 2 rings (SSSR count). The third-order valence-electron chi connectivity index (χ3n) is 2.44. The van der Waals surface area contributed by atoms with Gasteiger partial charge in [0.2, 0.25) is 0 Å². The molecule has 1 aromatic carbocycles. The number of hydrogen-bond acceptors (Lipinski definition) is 1. The first-order valence-corrected chi connectivity index (χ1v) is 5.94. The van der Waals surface area contributed by atoms with Gasteiger partial charge in [0.15, 0.2) is 0 Å². The Kier molecular flexibility index (Phi) is 3.19. The Morgan fingerprint density at radius 2 is 2.12 bits per heavy atom. The molecule has 0 atom stereocenters. The summed E-state index contributed by atoms with van der Waals surface area (Å²) in [7, 11) is 0. The fourth-order valence-electron chi connectivity index (χ4n) is 1.54. The molecule has 1 aromatic heterocycles. The molecule has 2 aromatic rings. The van der Waals surface area contributed by atoms with Gasteiger partial charge in [-0.15, -0.1) is 0 Å². The van der Waals surface area contributed by atoms with E-state index in [0.717, 1.165) is 3.57 Å². The van der Waals surface area contributed by atoms with Gasteiger partial charge in [0, 0.05) is 15.5 Å². The van der Waals surface area contributed by atoms with Crippen LogP contribution in [-0.2, 0) is 0 Å². The van der Waals surface area contributed by atoms with Gasteiger partial charge in [0.1, 0.15) is 11.5 Å². The van der Waals surface area contributed by atoms with E-state index in [1.807, 2.05) is 22.6 Å². The van der Waals surface area contributed by atoms with Gasteiger partial charge in [-0.1, -0.05) is 6.07 Å². The summed E-state index contributed by atoms with van der Waals surface area (Å²) in [5.74, 6) is -1.38. The molecular weight excluding hydrogens is 336 g/mol. The summed E-state index contributed by atoms with van der Waals surface area (Å²) in [6.45, 7) is 1.66. The van der Waals surface area contributed by atoms with Gasteiger partial charge < -0.3 is 9.67 Å². The monoisotopic (exact) mass is 345 g/mol. The molecule has 0 radical (unpaired) electrons. The quantitative estimate of drug-likeness (QED) is 0.850. The molecule has 0 spiro atoms. The Hall–Kier alpha value is -1.37. The highest BCUT2D eigenvalue weighted by Crippen LogP contribution is 2.19. The number of halogens is 2. The second-order valence-corrected chi connectivity index (χ2v) is 4.90. The number of hydrogen-bond donors (Lipinski definition) is 1. The molecule has 0 unspecified atom stereocenters. The van der Waals surface area contributed by atoms with Gasteiger partial charge in [0.05, 0.1) is 0 Å². The zero-order valence-electron chi connectivity index (χ0n) is 8.95. The van der Waals surface area contributed by atoms with Gasteiger partial charge >= 0.3 is 5.97 Å². The third-order valence-corrected chi connectivity index (χ3v) is 3.03. The Labute approximate surface area is 111 Å². The summed E-state index contributed by atoms with van der Waals surface area (Å²) in [6, 6.07) is 6.20. The molecule has 0 amide bonds. The zero-order chi connectivity index (χ0) is 12.6. The summed E-state index contributed by atoms with van der Waals surface area (Å²) in [5, 5.41) is 9.05. The van der Waals surface area contributed by atoms with Gasteiger partial charge in [-0.05, 0) is 53.3 Å². The van der Waals surface area contributed by atoms with E-state index in [1.165, 1.54) is 10.6 Å². The first kappa shape index (κ1) is 12.1. The lowest BCUT2D eigenvalue weighted by Gasteiger charge is -2.07. The molecule has 5 heteroatoms. The van der Waals surface area contributed by atoms with Crippen LogP contribution in [0.15, 0.2) is 30.5 Å². The van der Waals surface area contributed by atoms with Gasteiger partial charge in [-0.3, -0.25) is 0 Å². The van der Waals surface area contributed by atoms with E-state index in [9.17, 15) is 9.18 Å². The molecular formula is C12H9FINO2. The van der Waals surface area contributed by atoms with Gasteiger partial charge in [-0.2, -0.15) is 0 Å². The molecule has 17 heavy (non-hydrogen) atoms. The predicted molar refractivity (Wildman–Crippen MR) is 70.1 cm³/mol. The second-order valence-electron chi connectivity index (χ2n) is 3.65. The van der Waals surface area contributed by atoms with E-state index in [4.69, 9.17) is 5.11 Å². The summed E-state index contributed by atoms with van der Waals surface area (Å²) >= 11 is 2.02. The first-order valence-electron chi connectivity index (χ1n) is 4.87. The number of carboxylic acids is 1. The minimum absolute atomic E-state index is 0.123. The van der Waals surface area contributed by atoms with Crippen molar-refractivity contribution >= 4 is 28.6 Å². The molecule has 0 bridgehead atoms. The van der Waals surface area contributed by atoms with Crippen molar-refractivity contribution < 1.29 is 14.3 Å². The Morgan fingerprint density at radius 1 is 1.41 bits per heavy atom. The van der Waals surface area contributed by atoms with Crippen molar-refractivity contribution in [1.29, 1.82) is 0 Å². The maximum atomic E-state index is 13.4. The minimum Gasteiger partial charge on any atom is -0.477 e. The summed E-state index contributed by atoms with van der Waals surface area (Å²) in [6.07, 6.45) is 1.66. The SMILES string of the molecule is Cc1ccc(-n2cc(I)cc2C(=O)O)cc1F. The van der Waals surface area contributed by atoms with Crippen LogP contribution in [0.25, 0.3) is 5.69 Å². The lowest BCUT2D eigenvalue weighted by Crippen LogP contribution is -2.05. The molecule has 0 saturated heterocycles. The van der Waals surface area contributed by atoms with E-state index in [0.29, 0.717) is 11.3 Å². The molecule has 0 aliphatic rings. The lowest BCUT2D eigenvalue weighted by atomic mass is 10.2. The van der Waals surface area contributed by atoms with Crippen molar-refractivity contribution in [3.05, 3.63) is 51.1 Å². The minimum atomic E-state index is -1.03. The molecule has 88 valence electrons. The molecule has 1 N–H and O–H groups in total. The smallest absolute Gasteiger partial charge is 0.352 e. The van der Waals surface area contributed by atoms with E-state index in [1.54, 1.807) is 31.3 Å². The van der Waals surface area contributed by atoms with E-state index in [-0.39, 0.29) is 11.5 Å². The standard InChI is InChI=1S/C12H9FINO2/c1-7-2-3-9(5-10(7)13)15-6-8(14)4-11(15)12(16)17/h2-6H,1H3,(H,16,17). The lowest BCUT2D eigenvalue weighted by molar-refractivity contribution is 0.0688. The van der Waals surface area contributed by atoms with Crippen LogP contribution in [0.3, 0.4) is 0 Å². The Morgan fingerprint density at radius 3 is 2.71 bits per heavy atom. The van der Waals surface area contributed by atoms with E-state index >= 15 is 0 Å². The predicted octanol–water partition coefficient (Wildman–Crippen LogP) is 3.23. The molecule has 0 aliphatic heterocycles. The average molecular weight is 345 g/mol. The maximum Gasteiger partial charge on any atom is 0.352 e. The number of carboxylic acid groups (broad SMARTS) is 1. The number of rotatable bonds is 2. The highest BCUT2D eigenvalue weighted by molar-refractivity contribution is 14.1. The summed E-state index contributed by atoms with van der Waals surface area (Å²) in [4.78, 5) is 11.0. The Balaban J connectivity index is 2.59. The van der Waals surface area contributed by atoms with Crippen molar-refractivity contribution in [3.8, 4) is 5.69 Å². The van der Waals surface area contributed by atoms with Crippen LogP contribution in [0.1, 0.15) is 16.1 Å². The number of aromatic nitrogens is 1. The van der Waals surface area contributed by atoms with Crippen LogP contribution in [-0.4, -0.2) is 15.6 Å².